The third-order valence-corrected chi connectivity index (χ3v) is 5.61. The maximum absolute atomic E-state index is 12.5. The quantitative estimate of drug-likeness (QED) is 0.667. The number of carbonyl (C=O) groups excluding carboxylic acids is 1. The molecule has 5 nitrogen and oxygen atoms in total. The van der Waals surface area contributed by atoms with E-state index in [0.717, 1.165) is 71.1 Å². The average Bonchev–Trinajstić information content (AvgIpc) is 3.10. The van der Waals surface area contributed by atoms with Gasteiger partial charge in [0.05, 0.1) is 6.04 Å². The predicted octanol–water partition coefficient (Wildman–Crippen LogP) is 0.482. The molecule has 0 radical (unpaired) electrons. The molecule has 3 N–H and O–H groups in total. The number of likely N-dealkylation sites (tertiary alicyclic amines) is 1. The van der Waals surface area contributed by atoms with Crippen molar-refractivity contribution in [2.75, 3.05) is 32.8 Å². The Morgan fingerprint density at radius 3 is 2.71 bits per heavy atom. The van der Waals surface area contributed by atoms with Crippen LogP contribution in [-0.4, -0.2) is 60.8 Å². The third kappa shape index (κ3) is 3.58. The first-order chi connectivity index (χ1) is 10.2. The highest BCUT2D eigenvalue weighted by atomic mass is 16.3. The van der Waals surface area contributed by atoms with Crippen molar-refractivity contribution in [1.29, 1.82) is 0 Å². The summed E-state index contributed by atoms with van der Waals surface area (Å²) in [6, 6.07) is 0.662. The number of carbonyl (C=O) groups is 1. The zero-order chi connectivity index (χ0) is 14.7. The van der Waals surface area contributed by atoms with Crippen molar-refractivity contribution < 1.29 is 9.90 Å². The van der Waals surface area contributed by atoms with Crippen LogP contribution in [0.15, 0.2) is 0 Å². The van der Waals surface area contributed by atoms with E-state index in [-0.39, 0.29) is 24.0 Å². The molecule has 0 bridgehead atoms. The summed E-state index contributed by atoms with van der Waals surface area (Å²) in [6.07, 6.45) is 7.60. The van der Waals surface area contributed by atoms with Crippen molar-refractivity contribution >= 4 is 5.91 Å². The first-order valence-corrected chi connectivity index (χ1v) is 8.59. The van der Waals surface area contributed by atoms with Gasteiger partial charge in [0.2, 0.25) is 5.91 Å². The van der Waals surface area contributed by atoms with Crippen LogP contribution in [0.3, 0.4) is 0 Å². The van der Waals surface area contributed by atoms with Crippen LogP contribution in [0.1, 0.15) is 44.9 Å². The van der Waals surface area contributed by atoms with Crippen LogP contribution >= 0.6 is 0 Å². The van der Waals surface area contributed by atoms with Gasteiger partial charge in [0.1, 0.15) is 0 Å². The van der Waals surface area contributed by atoms with Gasteiger partial charge in [-0.2, -0.15) is 0 Å². The lowest BCUT2D eigenvalue weighted by atomic mass is 10.0. The van der Waals surface area contributed by atoms with E-state index in [9.17, 15) is 4.79 Å². The Morgan fingerprint density at radius 1 is 1.29 bits per heavy atom. The standard InChI is InChI=1S/C16H29N3O2/c20-11-7-16(5-6-16)12-18-15(21)14-2-1-10-19(14)13-3-8-17-9-4-13/h13-14,17,20H,1-12H2,(H,18,21). The Morgan fingerprint density at radius 2 is 2.05 bits per heavy atom. The molecule has 1 saturated carbocycles. The van der Waals surface area contributed by atoms with Crippen molar-refractivity contribution in [3.05, 3.63) is 0 Å². The van der Waals surface area contributed by atoms with E-state index in [1.54, 1.807) is 0 Å². The van der Waals surface area contributed by atoms with Crippen LogP contribution in [0, 0.1) is 5.41 Å². The van der Waals surface area contributed by atoms with Gasteiger partial charge < -0.3 is 15.7 Å². The molecule has 3 rings (SSSR count). The highest BCUT2D eigenvalue weighted by molar-refractivity contribution is 5.82. The van der Waals surface area contributed by atoms with Gasteiger partial charge in [-0.3, -0.25) is 9.69 Å². The molecule has 21 heavy (non-hydrogen) atoms. The van der Waals surface area contributed by atoms with Gasteiger partial charge in [0.15, 0.2) is 0 Å². The van der Waals surface area contributed by atoms with Gasteiger partial charge >= 0.3 is 0 Å². The van der Waals surface area contributed by atoms with Crippen LogP contribution in [0.4, 0.5) is 0 Å². The Kier molecular flexibility index (Phi) is 4.82. The molecule has 0 aromatic carbocycles. The molecule has 0 aromatic rings. The molecule has 5 heteroatoms. The number of nitrogens with zero attached hydrogens (tertiary/aromatic N) is 1. The van der Waals surface area contributed by atoms with Crippen LogP contribution in [0.2, 0.25) is 0 Å². The van der Waals surface area contributed by atoms with E-state index in [0.29, 0.717) is 6.04 Å². The number of rotatable bonds is 6. The summed E-state index contributed by atoms with van der Waals surface area (Å²) in [5, 5.41) is 15.7. The Hall–Kier alpha value is -0.650. The van der Waals surface area contributed by atoms with E-state index in [1.807, 2.05) is 0 Å². The monoisotopic (exact) mass is 295 g/mol. The molecule has 1 amide bonds. The van der Waals surface area contributed by atoms with E-state index < -0.39 is 0 Å². The molecule has 1 aliphatic carbocycles. The smallest absolute Gasteiger partial charge is 0.237 e. The number of hydrogen-bond acceptors (Lipinski definition) is 4. The molecule has 1 unspecified atom stereocenters. The molecule has 2 heterocycles. The Bertz CT molecular complexity index is 365. The summed E-state index contributed by atoms with van der Waals surface area (Å²) in [6.45, 7) is 4.22. The second-order valence-corrected chi connectivity index (χ2v) is 7.07. The second-order valence-electron chi connectivity index (χ2n) is 7.07. The minimum absolute atomic E-state index is 0.0815. The Balaban J connectivity index is 1.51. The summed E-state index contributed by atoms with van der Waals surface area (Å²) in [7, 11) is 0. The summed E-state index contributed by atoms with van der Waals surface area (Å²) < 4.78 is 0. The zero-order valence-electron chi connectivity index (χ0n) is 12.9. The molecule has 3 aliphatic rings. The number of nitrogens with one attached hydrogen (secondary N) is 2. The molecule has 0 spiro atoms. The average molecular weight is 295 g/mol. The van der Waals surface area contributed by atoms with Gasteiger partial charge in [0.25, 0.3) is 0 Å². The van der Waals surface area contributed by atoms with Crippen LogP contribution in [0.5, 0.6) is 0 Å². The highest BCUT2D eigenvalue weighted by Crippen LogP contribution is 2.47. The summed E-state index contributed by atoms with van der Waals surface area (Å²) >= 11 is 0. The van der Waals surface area contributed by atoms with E-state index in [4.69, 9.17) is 5.11 Å². The van der Waals surface area contributed by atoms with Gasteiger partial charge in [-0.15, -0.1) is 0 Å². The van der Waals surface area contributed by atoms with Crippen molar-refractivity contribution in [2.45, 2.75) is 57.0 Å². The van der Waals surface area contributed by atoms with Crippen LogP contribution in [-0.2, 0) is 4.79 Å². The number of hydrogen-bond donors (Lipinski definition) is 3. The molecule has 2 aliphatic heterocycles. The molecular weight excluding hydrogens is 266 g/mol. The minimum atomic E-state index is 0.0815. The first-order valence-electron chi connectivity index (χ1n) is 8.59. The molecule has 2 saturated heterocycles. The van der Waals surface area contributed by atoms with Gasteiger partial charge in [0, 0.05) is 19.2 Å². The lowest BCUT2D eigenvalue weighted by Gasteiger charge is -2.35. The van der Waals surface area contributed by atoms with E-state index in [2.05, 4.69) is 15.5 Å². The van der Waals surface area contributed by atoms with Crippen LogP contribution in [0.25, 0.3) is 0 Å². The molecule has 0 aromatic heterocycles. The van der Waals surface area contributed by atoms with Crippen molar-refractivity contribution in [3.63, 3.8) is 0 Å². The van der Waals surface area contributed by atoms with Crippen molar-refractivity contribution in [2.24, 2.45) is 5.41 Å². The number of aliphatic hydroxyl groups is 1. The molecule has 120 valence electrons. The summed E-state index contributed by atoms with van der Waals surface area (Å²) in [5.41, 5.74) is 0.211. The number of piperidine rings is 1. The van der Waals surface area contributed by atoms with Gasteiger partial charge in [-0.25, -0.2) is 0 Å². The molecule has 1 atom stereocenters. The normalized spacial score (nSPS) is 29.5. The summed E-state index contributed by atoms with van der Waals surface area (Å²) in [4.78, 5) is 15.0. The molecule has 3 fully saturated rings. The SMILES string of the molecule is O=C(NCC1(CCO)CC1)C1CCCN1C1CCNCC1. The number of amides is 1. The topological polar surface area (TPSA) is 64.6 Å². The third-order valence-electron chi connectivity index (χ3n) is 5.61. The summed E-state index contributed by atoms with van der Waals surface area (Å²) in [5.74, 6) is 0.218. The fourth-order valence-corrected chi connectivity index (χ4v) is 3.97. The Labute approximate surface area is 127 Å². The van der Waals surface area contributed by atoms with Crippen molar-refractivity contribution in [1.82, 2.24) is 15.5 Å². The number of aliphatic hydroxyl groups excluding tert-OH is 1. The van der Waals surface area contributed by atoms with E-state index in [1.165, 1.54) is 0 Å². The fourth-order valence-electron chi connectivity index (χ4n) is 3.97. The molecular formula is C16H29N3O2. The second kappa shape index (κ2) is 6.63. The fraction of sp³-hybridized carbons (Fsp3) is 0.938. The zero-order valence-corrected chi connectivity index (χ0v) is 12.9. The lowest BCUT2D eigenvalue weighted by molar-refractivity contribution is -0.126. The lowest BCUT2D eigenvalue weighted by Crippen LogP contribution is -2.51. The van der Waals surface area contributed by atoms with Gasteiger partial charge in [-0.05, 0) is 70.0 Å². The minimum Gasteiger partial charge on any atom is -0.396 e. The van der Waals surface area contributed by atoms with E-state index >= 15 is 0 Å². The largest absolute Gasteiger partial charge is 0.396 e. The highest BCUT2D eigenvalue weighted by Gasteiger charge is 2.43. The maximum atomic E-state index is 12.5. The first kappa shape index (κ1) is 15.3. The van der Waals surface area contributed by atoms with Gasteiger partial charge in [-0.1, -0.05) is 0 Å². The van der Waals surface area contributed by atoms with Crippen molar-refractivity contribution in [3.8, 4) is 0 Å². The predicted molar refractivity (Wildman–Crippen MR) is 82.0 cm³/mol. The van der Waals surface area contributed by atoms with Crippen LogP contribution < -0.4 is 10.6 Å². The maximum Gasteiger partial charge on any atom is 0.237 e.